The summed E-state index contributed by atoms with van der Waals surface area (Å²) in [6, 6.07) is 14.2. The standard InChI is InChI=1S/C23H31N3O4/c1-5-29-20-9-7-6-8-19(20)26-14-12-25(13-15-26)17(2)18-10-11-21(22(16-18)28-4)30-23(27)24-3/h6-11,16-17H,5,12-15H2,1-4H3,(H,24,27). The molecule has 1 aliphatic rings. The van der Waals surface area contributed by atoms with Gasteiger partial charge in [-0.25, -0.2) is 4.79 Å². The fourth-order valence-corrected chi connectivity index (χ4v) is 3.74. The first-order valence-electron chi connectivity index (χ1n) is 10.4. The average Bonchev–Trinajstić information content (AvgIpc) is 2.79. The largest absolute Gasteiger partial charge is 0.493 e. The lowest BCUT2D eigenvalue weighted by atomic mass is 10.0. The van der Waals surface area contributed by atoms with Crippen LogP contribution in [0.15, 0.2) is 42.5 Å². The van der Waals surface area contributed by atoms with Crippen molar-refractivity contribution >= 4 is 11.8 Å². The summed E-state index contributed by atoms with van der Waals surface area (Å²) in [6.45, 7) is 8.62. The van der Waals surface area contributed by atoms with Gasteiger partial charge in [0.25, 0.3) is 0 Å². The minimum absolute atomic E-state index is 0.220. The molecule has 1 saturated heterocycles. The predicted molar refractivity (Wildman–Crippen MR) is 118 cm³/mol. The predicted octanol–water partition coefficient (Wildman–Crippen LogP) is 3.70. The maximum absolute atomic E-state index is 11.5. The van der Waals surface area contributed by atoms with E-state index in [0.717, 1.165) is 43.2 Å². The van der Waals surface area contributed by atoms with Crippen LogP contribution in [0.2, 0.25) is 0 Å². The number of hydrogen-bond acceptors (Lipinski definition) is 6. The third-order valence-corrected chi connectivity index (χ3v) is 5.44. The summed E-state index contributed by atoms with van der Waals surface area (Å²) < 4.78 is 16.5. The van der Waals surface area contributed by atoms with E-state index in [2.05, 4.69) is 34.2 Å². The molecule has 2 aromatic rings. The van der Waals surface area contributed by atoms with E-state index in [1.165, 1.54) is 7.05 Å². The topological polar surface area (TPSA) is 63.3 Å². The highest BCUT2D eigenvalue weighted by molar-refractivity contribution is 5.71. The molecular formula is C23H31N3O4. The monoisotopic (exact) mass is 413 g/mol. The van der Waals surface area contributed by atoms with Gasteiger partial charge in [-0.2, -0.15) is 0 Å². The van der Waals surface area contributed by atoms with Crippen molar-refractivity contribution in [3.8, 4) is 17.2 Å². The number of carbonyl (C=O) groups excluding carboxylic acids is 1. The lowest BCUT2D eigenvalue weighted by Gasteiger charge is -2.39. The molecule has 0 saturated carbocycles. The summed E-state index contributed by atoms with van der Waals surface area (Å²) in [4.78, 5) is 16.4. The van der Waals surface area contributed by atoms with Crippen molar-refractivity contribution in [2.24, 2.45) is 0 Å². The summed E-state index contributed by atoms with van der Waals surface area (Å²) in [5.41, 5.74) is 2.28. The first kappa shape index (κ1) is 21.8. The molecule has 7 nitrogen and oxygen atoms in total. The Morgan fingerprint density at radius 2 is 1.80 bits per heavy atom. The zero-order chi connectivity index (χ0) is 21.5. The van der Waals surface area contributed by atoms with Crippen LogP contribution in [0.3, 0.4) is 0 Å². The SMILES string of the molecule is CCOc1ccccc1N1CCN(C(C)c2ccc(OC(=O)NC)c(OC)c2)CC1. The van der Waals surface area contributed by atoms with Gasteiger partial charge in [0.1, 0.15) is 5.75 Å². The van der Waals surface area contributed by atoms with Gasteiger partial charge in [-0.15, -0.1) is 0 Å². The number of rotatable bonds is 7. The first-order valence-corrected chi connectivity index (χ1v) is 10.4. The van der Waals surface area contributed by atoms with Crippen molar-refractivity contribution in [1.82, 2.24) is 10.2 Å². The van der Waals surface area contributed by atoms with Gasteiger partial charge in [0.05, 0.1) is 19.4 Å². The minimum Gasteiger partial charge on any atom is -0.493 e. The number of anilines is 1. The van der Waals surface area contributed by atoms with Gasteiger partial charge >= 0.3 is 6.09 Å². The zero-order valence-corrected chi connectivity index (χ0v) is 18.2. The molecular weight excluding hydrogens is 382 g/mol. The van der Waals surface area contributed by atoms with Gasteiger partial charge in [-0.05, 0) is 43.7 Å². The van der Waals surface area contributed by atoms with Gasteiger partial charge in [0.15, 0.2) is 11.5 Å². The molecule has 1 heterocycles. The fourth-order valence-electron chi connectivity index (χ4n) is 3.74. The highest BCUT2D eigenvalue weighted by Crippen LogP contribution is 2.34. The molecule has 1 unspecified atom stereocenters. The molecule has 1 fully saturated rings. The Morgan fingerprint density at radius 1 is 1.07 bits per heavy atom. The molecule has 0 bridgehead atoms. The molecule has 2 aromatic carbocycles. The van der Waals surface area contributed by atoms with E-state index in [0.29, 0.717) is 18.1 Å². The van der Waals surface area contributed by atoms with Gasteiger partial charge in [-0.1, -0.05) is 18.2 Å². The summed E-state index contributed by atoms with van der Waals surface area (Å²) in [5.74, 6) is 1.90. The number of hydrogen-bond donors (Lipinski definition) is 1. The minimum atomic E-state index is -0.516. The van der Waals surface area contributed by atoms with E-state index in [9.17, 15) is 4.79 Å². The molecule has 30 heavy (non-hydrogen) atoms. The number of ether oxygens (including phenoxy) is 3. The summed E-state index contributed by atoms with van der Waals surface area (Å²) >= 11 is 0. The zero-order valence-electron chi connectivity index (χ0n) is 18.2. The maximum Gasteiger partial charge on any atom is 0.412 e. The number of benzene rings is 2. The van der Waals surface area contributed by atoms with Crippen molar-refractivity contribution in [3.05, 3.63) is 48.0 Å². The van der Waals surface area contributed by atoms with Crippen LogP contribution in [0.4, 0.5) is 10.5 Å². The summed E-state index contributed by atoms with van der Waals surface area (Å²) in [6.07, 6.45) is -0.516. The summed E-state index contributed by atoms with van der Waals surface area (Å²) in [7, 11) is 3.10. The van der Waals surface area contributed by atoms with Gasteiger partial charge < -0.3 is 24.4 Å². The molecule has 0 radical (unpaired) electrons. The van der Waals surface area contributed by atoms with E-state index in [-0.39, 0.29) is 6.04 Å². The van der Waals surface area contributed by atoms with Crippen LogP contribution >= 0.6 is 0 Å². The van der Waals surface area contributed by atoms with Crippen molar-refractivity contribution in [2.75, 3.05) is 51.8 Å². The molecule has 0 aliphatic carbocycles. The lowest BCUT2D eigenvalue weighted by Crippen LogP contribution is -2.47. The number of amides is 1. The molecule has 0 spiro atoms. The van der Waals surface area contributed by atoms with Gasteiger partial charge in [0, 0.05) is 39.3 Å². The second-order valence-corrected chi connectivity index (χ2v) is 7.15. The molecule has 0 aromatic heterocycles. The molecule has 1 N–H and O–H groups in total. The Hall–Kier alpha value is -2.93. The van der Waals surface area contributed by atoms with Crippen LogP contribution < -0.4 is 24.4 Å². The van der Waals surface area contributed by atoms with E-state index in [1.807, 2.05) is 31.2 Å². The van der Waals surface area contributed by atoms with Crippen molar-refractivity contribution < 1.29 is 19.0 Å². The quantitative estimate of drug-likeness (QED) is 0.747. The Balaban J connectivity index is 1.66. The van der Waals surface area contributed by atoms with Crippen LogP contribution in [-0.4, -0.2) is 57.9 Å². The van der Waals surface area contributed by atoms with E-state index < -0.39 is 6.09 Å². The second-order valence-electron chi connectivity index (χ2n) is 7.15. The van der Waals surface area contributed by atoms with Crippen LogP contribution in [0, 0.1) is 0 Å². The van der Waals surface area contributed by atoms with Crippen molar-refractivity contribution in [3.63, 3.8) is 0 Å². The Labute approximate surface area is 178 Å². The number of para-hydroxylation sites is 2. The molecule has 1 amide bonds. The molecule has 1 aliphatic heterocycles. The maximum atomic E-state index is 11.5. The number of piperazine rings is 1. The Bertz CT molecular complexity index is 850. The highest BCUT2D eigenvalue weighted by Gasteiger charge is 2.24. The first-order chi connectivity index (χ1) is 14.6. The molecule has 7 heteroatoms. The molecule has 162 valence electrons. The fraction of sp³-hybridized carbons (Fsp3) is 0.435. The average molecular weight is 414 g/mol. The smallest absolute Gasteiger partial charge is 0.412 e. The number of nitrogens with one attached hydrogen (secondary N) is 1. The van der Waals surface area contributed by atoms with Crippen LogP contribution in [-0.2, 0) is 0 Å². The third-order valence-electron chi connectivity index (χ3n) is 5.44. The van der Waals surface area contributed by atoms with Crippen LogP contribution in [0.5, 0.6) is 17.2 Å². The lowest BCUT2D eigenvalue weighted by molar-refractivity contribution is 0.196. The molecule has 3 rings (SSSR count). The van der Waals surface area contributed by atoms with Crippen LogP contribution in [0.25, 0.3) is 0 Å². The van der Waals surface area contributed by atoms with E-state index >= 15 is 0 Å². The number of carbonyl (C=O) groups is 1. The van der Waals surface area contributed by atoms with Gasteiger partial charge in [0.2, 0.25) is 0 Å². The Morgan fingerprint density at radius 3 is 2.47 bits per heavy atom. The van der Waals surface area contributed by atoms with Crippen molar-refractivity contribution in [1.29, 1.82) is 0 Å². The second kappa shape index (κ2) is 10.2. The highest BCUT2D eigenvalue weighted by atomic mass is 16.6. The Kier molecular flexibility index (Phi) is 7.41. The normalized spacial score (nSPS) is 15.4. The number of nitrogens with zero attached hydrogens (tertiary/aromatic N) is 2. The van der Waals surface area contributed by atoms with E-state index in [4.69, 9.17) is 14.2 Å². The van der Waals surface area contributed by atoms with Crippen LogP contribution in [0.1, 0.15) is 25.5 Å². The summed E-state index contributed by atoms with van der Waals surface area (Å²) in [5, 5.41) is 2.44. The molecule has 1 atom stereocenters. The number of methoxy groups -OCH3 is 1. The third kappa shape index (κ3) is 4.97. The van der Waals surface area contributed by atoms with E-state index in [1.54, 1.807) is 13.2 Å². The van der Waals surface area contributed by atoms with Gasteiger partial charge in [-0.3, -0.25) is 4.90 Å². The van der Waals surface area contributed by atoms with Crippen molar-refractivity contribution in [2.45, 2.75) is 19.9 Å².